The van der Waals surface area contributed by atoms with Crippen LogP contribution in [-0.2, 0) is 6.54 Å². The van der Waals surface area contributed by atoms with Crippen LogP contribution in [0.5, 0.6) is 0 Å². The predicted octanol–water partition coefficient (Wildman–Crippen LogP) is 1.22. The summed E-state index contributed by atoms with van der Waals surface area (Å²) in [5, 5.41) is 4.95. The first-order chi connectivity index (χ1) is 5.83. The normalized spacial score (nSPS) is 9.00. The average Bonchev–Trinajstić information content (AvgIpc) is 2.53. The van der Waals surface area contributed by atoms with Crippen molar-refractivity contribution in [1.29, 1.82) is 0 Å². The molecule has 4 nitrogen and oxygen atoms in total. The van der Waals surface area contributed by atoms with E-state index in [2.05, 4.69) is 17.2 Å². The molecule has 12 heavy (non-hydrogen) atoms. The molecule has 0 atom stereocenters. The molecule has 0 aliphatic carbocycles. The Hall–Kier alpha value is -1.71. The Morgan fingerprint density at radius 1 is 1.75 bits per heavy atom. The van der Waals surface area contributed by atoms with E-state index in [1.165, 1.54) is 6.20 Å². The predicted molar refractivity (Wildman–Crippen MR) is 44.3 cm³/mol. The Morgan fingerprint density at radius 3 is 3.17 bits per heavy atom. The Kier molecular flexibility index (Phi) is 2.95. The molecule has 4 heteroatoms. The summed E-state index contributed by atoms with van der Waals surface area (Å²) in [6.07, 6.45) is 2.87. The van der Waals surface area contributed by atoms with Crippen LogP contribution in [0, 0.1) is 0 Å². The van der Waals surface area contributed by atoms with Crippen LogP contribution in [0.2, 0.25) is 0 Å². The molecule has 1 aromatic heterocycles. The molecule has 0 aliphatic rings. The summed E-state index contributed by atoms with van der Waals surface area (Å²) < 4.78 is 4.99. The molecule has 0 fully saturated rings. The van der Waals surface area contributed by atoms with Crippen molar-refractivity contribution >= 4 is 6.03 Å². The first-order valence-corrected chi connectivity index (χ1v) is 3.50. The Labute approximate surface area is 70.3 Å². The summed E-state index contributed by atoms with van der Waals surface area (Å²) in [5.74, 6) is 0.717. The van der Waals surface area contributed by atoms with E-state index in [9.17, 15) is 4.79 Å². The summed E-state index contributed by atoms with van der Waals surface area (Å²) in [6, 6.07) is 3.26. The number of rotatable bonds is 3. The number of hydrogen-bond donors (Lipinski definition) is 2. The van der Waals surface area contributed by atoms with E-state index in [4.69, 9.17) is 4.42 Å². The first-order valence-electron chi connectivity index (χ1n) is 3.50. The number of urea groups is 1. The van der Waals surface area contributed by atoms with Crippen LogP contribution in [0.1, 0.15) is 5.76 Å². The van der Waals surface area contributed by atoms with Gasteiger partial charge in [-0.25, -0.2) is 4.79 Å². The Morgan fingerprint density at radius 2 is 2.58 bits per heavy atom. The maximum Gasteiger partial charge on any atom is 0.319 e. The Balaban J connectivity index is 2.26. The highest BCUT2D eigenvalue weighted by molar-refractivity contribution is 5.74. The largest absolute Gasteiger partial charge is 0.467 e. The van der Waals surface area contributed by atoms with Crippen LogP contribution in [0.3, 0.4) is 0 Å². The third-order valence-corrected chi connectivity index (χ3v) is 1.24. The van der Waals surface area contributed by atoms with Gasteiger partial charge in [-0.1, -0.05) is 6.58 Å². The monoisotopic (exact) mass is 166 g/mol. The van der Waals surface area contributed by atoms with E-state index in [0.29, 0.717) is 12.3 Å². The molecule has 0 saturated heterocycles. The smallest absolute Gasteiger partial charge is 0.319 e. The van der Waals surface area contributed by atoms with Gasteiger partial charge in [0.25, 0.3) is 0 Å². The summed E-state index contributed by atoms with van der Waals surface area (Å²) in [7, 11) is 0. The molecule has 0 aromatic carbocycles. The molecule has 0 bridgehead atoms. The van der Waals surface area contributed by atoms with Crippen molar-refractivity contribution in [3.63, 3.8) is 0 Å². The highest BCUT2D eigenvalue weighted by atomic mass is 16.3. The highest BCUT2D eigenvalue weighted by Crippen LogP contribution is 1.97. The van der Waals surface area contributed by atoms with Gasteiger partial charge < -0.3 is 15.1 Å². The lowest BCUT2D eigenvalue weighted by Crippen LogP contribution is -2.31. The quantitative estimate of drug-likeness (QED) is 0.709. The molecule has 0 spiro atoms. The van der Waals surface area contributed by atoms with Gasteiger partial charge in [0, 0.05) is 0 Å². The highest BCUT2D eigenvalue weighted by Gasteiger charge is 1.98. The van der Waals surface area contributed by atoms with E-state index in [0.717, 1.165) is 0 Å². The summed E-state index contributed by atoms with van der Waals surface area (Å²) >= 11 is 0. The number of amides is 2. The van der Waals surface area contributed by atoms with Crippen LogP contribution in [-0.4, -0.2) is 6.03 Å². The van der Waals surface area contributed by atoms with Gasteiger partial charge in [-0.15, -0.1) is 0 Å². The third kappa shape index (κ3) is 2.49. The molecule has 1 aromatic rings. The van der Waals surface area contributed by atoms with Crippen LogP contribution >= 0.6 is 0 Å². The van der Waals surface area contributed by atoms with Crippen molar-refractivity contribution in [1.82, 2.24) is 10.6 Å². The number of furan rings is 1. The van der Waals surface area contributed by atoms with Crippen molar-refractivity contribution in [2.75, 3.05) is 0 Å². The lowest BCUT2D eigenvalue weighted by Gasteiger charge is -2.00. The van der Waals surface area contributed by atoms with E-state index in [1.54, 1.807) is 18.4 Å². The Bertz CT molecular complexity index is 254. The molecule has 1 rings (SSSR count). The minimum atomic E-state index is -0.290. The topological polar surface area (TPSA) is 54.3 Å². The fraction of sp³-hybridized carbons (Fsp3) is 0.125. The van der Waals surface area contributed by atoms with Gasteiger partial charge in [0.1, 0.15) is 5.76 Å². The number of nitrogens with one attached hydrogen (secondary N) is 2. The van der Waals surface area contributed by atoms with Crippen LogP contribution in [0.25, 0.3) is 0 Å². The molecule has 0 saturated carbocycles. The molecule has 0 radical (unpaired) electrons. The molecule has 0 unspecified atom stereocenters. The van der Waals surface area contributed by atoms with Gasteiger partial charge in [0.05, 0.1) is 12.8 Å². The molecule has 2 N–H and O–H groups in total. The fourth-order valence-electron chi connectivity index (χ4n) is 0.724. The molecule has 2 amide bonds. The van der Waals surface area contributed by atoms with E-state index >= 15 is 0 Å². The minimum absolute atomic E-state index is 0.290. The van der Waals surface area contributed by atoms with Gasteiger partial charge in [-0.05, 0) is 18.3 Å². The second-order valence-corrected chi connectivity index (χ2v) is 2.11. The van der Waals surface area contributed by atoms with Gasteiger partial charge in [0.15, 0.2) is 0 Å². The van der Waals surface area contributed by atoms with E-state index < -0.39 is 0 Å². The van der Waals surface area contributed by atoms with Gasteiger partial charge in [0.2, 0.25) is 0 Å². The van der Waals surface area contributed by atoms with Gasteiger partial charge >= 0.3 is 6.03 Å². The summed E-state index contributed by atoms with van der Waals surface area (Å²) in [4.78, 5) is 10.8. The molecule has 64 valence electrons. The van der Waals surface area contributed by atoms with Crippen molar-refractivity contribution in [2.24, 2.45) is 0 Å². The van der Waals surface area contributed by atoms with Crippen molar-refractivity contribution in [2.45, 2.75) is 6.54 Å². The van der Waals surface area contributed by atoms with Crippen molar-refractivity contribution in [3.05, 3.63) is 36.9 Å². The fourth-order valence-corrected chi connectivity index (χ4v) is 0.724. The lowest BCUT2D eigenvalue weighted by atomic mass is 10.4. The molecule has 0 aliphatic heterocycles. The zero-order valence-electron chi connectivity index (χ0n) is 6.54. The maximum atomic E-state index is 10.8. The number of carbonyl (C=O) groups is 1. The van der Waals surface area contributed by atoms with Gasteiger partial charge in [-0.2, -0.15) is 0 Å². The van der Waals surface area contributed by atoms with Crippen LogP contribution in [0.4, 0.5) is 4.79 Å². The van der Waals surface area contributed by atoms with Crippen LogP contribution < -0.4 is 10.6 Å². The minimum Gasteiger partial charge on any atom is -0.467 e. The van der Waals surface area contributed by atoms with E-state index in [1.807, 2.05) is 0 Å². The summed E-state index contributed by atoms with van der Waals surface area (Å²) in [5.41, 5.74) is 0. The molecule has 1 heterocycles. The molecular weight excluding hydrogens is 156 g/mol. The second-order valence-electron chi connectivity index (χ2n) is 2.11. The van der Waals surface area contributed by atoms with Crippen molar-refractivity contribution in [3.8, 4) is 0 Å². The number of carbonyl (C=O) groups excluding carboxylic acids is 1. The molecular formula is C8H10N2O2. The standard InChI is InChI=1S/C8H10N2O2/c1-2-9-8(11)10-6-7-4-3-5-12-7/h2-5H,1,6H2,(H2,9,10,11). The van der Waals surface area contributed by atoms with Gasteiger partial charge in [-0.3, -0.25) is 0 Å². The van der Waals surface area contributed by atoms with Crippen LogP contribution in [0.15, 0.2) is 35.6 Å². The number of hydrogen-bond acceptors (Lipinski definition) is 2. The summed E-state index contributed by atoms with van der Waals surface area (Å²) in [6.45, 7) is 3.73. The van der Waals surface area contributed by atoms with E-state index in [-0.39, 0.29) is 6.03 Å². The maximum absolute atomic E-state index is 10.8. The lowest BCUT2D eigenvalue weighted by molar-refractivity contribution is 0.243. The van der Waals surface area contributed by atoms with Crippen molar-refractivity contribution < 1.29 is 9.21 Å². The second kappa shape index (κ2) is 4.23. The third-order valence-electron chi connectivity index (χ3n) is 1.24. The zero-order chi connectivity index (χ0) is 8.81. The zero-order valence-corrected chi connectivity index (χ0v) is 6.54. The first kappa shape index (κ1) is 8.39. The average molecular weight is 166 g/mol. The SMILES string of the molecule is C=CNC(=O)NCc1ccco1.